The number of thioether (sulfide) groups is 1. The van der Waals surface area contributed by atoms with Crippen molar-refractivity contribution in [2.75, 3.05) is 11.1 Å². The number of ether oxygens (including phenoxy) is 1. The van der Waals surface area contributed by atoms with Gasteiger partial charge in [0.2, 0.25) is 5.91 Å². The summed E-state index contributed by atoms with van der Waals surface area (Å²) in [6.07, 6.45) is -0.647. The Morgan fingerprint density at radius 1 is 1.29 bits per heavy atom. The number of carbonyl (C=O) groups is 1. The zero-order valence-electron chi connectivity index (χ0n) is 14.8. The lowest BCUT2D eigenvalue weighted by atomic mass is 10.2. The molecule has 7 nitrogen and oxygen atoms in total. The average molecular weight is 398 g/mol. The summed E-state index contributed by atoms with van der Waals surface area (Å²) in [5.41, 5.74) is 1.10. The molecule has 0 unspecified atom stereocenters. The summed E-state index contributed by atoms with van der Waals surface area (Å²) in [4.78, 5) is 12.0. The highest BCUT2D eigenvalue weighted by molar-refractivity contribution is 7.99. The van der Waals surface area contributed by atoms with Gasteiger partial charge in [-0.1, -0.05) is 23.9 Å². The molecule has 0 saturated heterocycles. The van der Waals surface area contributed by atoms with Gasteiger partial charge >= 0.3 is 0 Å². The molecule has 3 aromatic rings. The first-order valence-electron chi connectivity index (χ1n) is 8.22. The molecule has 0 aliphatic heterocycles. The van der Waals surface area contributed by atoms with Gasteiger partial charge in [0.05, 0.1) is 17.4 Å². The van der Waals surface area contributed by atoms with Gasteiger partial charge < -0.3 is 14.5 Å². The minimum atomic E-state index is -0.647. The van der Waals surface area contributed by atoms with Crippen molar-refractivity contribution in [2.24, 2.45) is 0 Å². The van der Waals surface area contributed by atoms with E-state index in [9.17, 15) is 9.18 Å². The number of nitrogens with one attached hydrogen (secondary N) is 1. The lowest BCUT2D eigenvalue weighted by molar-refractivity contribution is -0.113. The van der Waals surface area contributed by atoms with Crippen molar-refractivity contribution in [2.45, 2.75) is 18.3 Å². The Morgan fingerprint density at radius 2 is 2.04 bits per heavy atom. The first-order valence-corrected chi connectivity index (χ1v) is 9.21. The van der Waals surface area contributed by atoms with Crippen LogP contribution in [0.2, 0.25) is 0 Å². The summed E-state index contributed by atoms with van der Waals surface area (Å²) in [7, 11) is 0. The maximum absolute atomic E-state index is 13.6. The molecule has 28 heavy (non-hydrogen) atoms. The Labute approximate surface area is 164 Å². The van der Waals surface area contributed by atoms with Crippen molar-refractivity contribution in [1.29, 1.82) is 5.26 Å². The van der Waals surface area contributed by atoms with Crippen molar-refractivity contribution in [3.8, 4) is 11.8 Å². The van der Waals surface area contributed by atoms with Crippen molar-refractivity contribution >= 4 is 23.4 Å². The van der Waals surface area contributed by atoms with Crippen LogP contribution in [0.15, 0.2) is 58.2 Å². The Bertz CT molecular complexity index is 1000. The van der Waals surface area contributed by atoms with Gasteiger partial charge in [0.1, 0.15) is 0 Å². The Balaban J connectivity index is 1.51. The second-order valence-corrected chi connectivity index (χ2v) is 6.55. The summed E-state index contributed by atoms with van der Waals surface area (Å²) >= 11 is 1.07. The predicted octanol–water partition coefficient (Wildman–Crippen LogP) is 3.95. The Hall–Kier alpha value is -3.38. The zero-order valence-corrected chi connectivity index (χ0v) is 15.6. The van der Waals surface area contributed by atoms with E-state index in [2.05, 4.69) is 15.5 Å². The predicted molar refractivity (Wildman–Crippen MR) is 100 cm³/mol. The van der Waals surface area contributed by atoms with E-state index >= 15 is 0 Å². The van der Waals surface area contributed by atoms with Gasteiger partial charge in [-0.3, -0.25) is 4.79 Å². The minimum absolute atomic E-state index is 0.0597. The van der Waals surface area contributed by atoms with E-state index < -0.39 is 11.9 Å². The van der Waals surface area contributed by atoms with Gasteiger partial charge in [0.15, 0.2) is 17.7 Å². The number of nitriles is 1. The fraction of sp³-hybridized carbons (Fsp3) is 0.158. The molecule has 142 valence electrons. The van der Waals surface area contributed by atoms with Crippen molar-refractivity contribution in [1.82, 2.24) is 10.2 Å². The number of anilines is 1. The van der Waals surface area contributed by atoms with Crippen LogP contribution in [0.1, 0.15) is 24.5 Å². The highest BCUT2D eigenvalue weighted by Gasteiger charge is 2.18. The van der Waals surface area contributed by atoms with Crippen molar-refractivity contribution in [3.05, 3.63) is 65.8 Å². The number of hydrogen-bond acceptors (Lipinski definition) is 7. The summed E-state index contributed by atoms with van der Waals surface area (Å²) in [5, 5.41) is 19.4. The van der Waals surface area contributed by atoms with Crippen LogP contribution in [-0.4, -0.2) is 21.9 Å². The smallest absolute Gasteiger partial charge is 0.277 e. The second kappa shape index (κ2) is 9.01. The summed E-state index contributed by atoms with van der Waals surface area (Å²) < 4.78 is 24.6. The lowest BCUT2D eigenvalue weighted by Gasteiger charge is -2.11. The molecule has 1 heterocycles. The van der Waals surface area contributed by atoms with Gasteiger partial charge in [-0.05, 0) is 43.3 Å². The van der Waals surface area contributed by atoms with Crippen LogP contribution in [0.5, 0.6) is 5.75 Å². The summed E-state index contributed by atoms with van der Waals surface area (Å²) in [6, 6.07) is 14.6. The van der Waals surface area contributed by atoms with E-state index in [0.29, 0.717) is 11.3 Å². The maximum Gasteiger partial charge on any atom is 0.277 e. The first kappa shape index (κ1) is 19.4. The SMILES string of the molecule is C[C@H](Oc1ccccc1F)c1nnc(SCC(=O)Nc2ccc(C#N)cc2)o1. The van der Waals surface area contributed by atoms with Crippen molar-refractivity contribution < 1.29 is 18.3 Å². The third-order valence-electron chi connectivity index (χ3n) is 3.53. The van der Waals surface area contributed by atoms with E-state index in [1.165, 1.54) is 12.1 Å². The molecule has 9 heteroatoms. The van der Waals surface area contributed by atoms with Crippen molar-refractivity contribution in [3.63, 3.8) is 0 Å². The number of rotatable bonds is 7. The third kappa shape index (κ3) is 5.08. The maximum atomic E-state index is 13.6. The molecule has 3 rings (SSSR count). The molecule has 0 aliphatic rings. The van der Waals surface area contributed by atoms with Crippen LogP contribution >= 0.6 is 11.8 Å². The average Bonchev–Trinajstić information content (AvgIpc) is 3.18. The monoisotopic (exact) mass is 398 g/mol. The molecule has 2 aromatic carbocycles. The largest absolute Gasteiger partial charge is 0.478 e. The molecule has 0 radical (unpaired) electrons. The van der Waals surface area contributed by atoms with Gasteiger partial charge in [0, 0.05) is 5.69 Å². The molecule has 0 fully saturated rings. The molecule has 0 aliphatic carbocycles. The molecular formula is C19H15FN4O3S. The number of para-hydroxylation sites is 1. The summed E-state index contributed by atoms with van der Waals surface area (Å²) in [6.45, 7) is 1.66. The number of nitrogens with zero attached hydrogens (tertiary/aromatic N) is 3. The molecule has 1 amide bonds. The third-order valence-corrected chi connectivity index (χ3v) is 4.35. The van der Waals surface area contributed by atoms with Gasteiger partial charge in [-0.15, -0.1) is 10.2 Å². The lowest BCUT2D eigenvalue weighted by Crippen LogP contribution is -2.13. The normalized spacial score (nSPS) is 11.5. The number of carbonyl (C=O) groups excluding carboxylic acids is 1. The van der Waals surface area contributed by atoms with Crippen LogP contribution in [0.25, 0.3) is 0 Å². The van der Waals surface area contributed by atoms with Gasteiger partial charge in [-0.2, -0.15) is 5.26 Å². The van der Waals surface area contributed by atoms with Crippen LogP contribution in [0, 0.1) is 17.1 Å². The molecular weight excluding hydrogens is 383 g/mol. The number of benzene rings is 2. The van der Waals surface area contributed by atoms with Crippen LogP contribution < -0.4 is 10.1 Å². The topological polar surface area (TPSA) is 101 Å². The molecule has 1 N–H and O–H groups in total. The minimum Gasteiger partial charge on any atom is -0.478 e. The zero-order chi connectivity index (χ0) is 19.9. The van der Waals surface area contributed by atoms with E-state index in [1.54, 1.807) is 43.3 Å². The molecule has 0 saturated carbocycles. The number of aromatic nitrogens is 2. The Morgan fingerprint density at radius 3 is 2.75 bits per heavy atom. The van der Waals surface area contributed by atoms with Crippen LogP contribution in [0.4, 0.5) is 10.1 Å². The number of hydrogen-bond donors (Lipinski definition) is 1. The fourth-order valence-electron chi connectivity index (χ4n) is 2.18. The molecule has 0 bridgehead atoms. The quantitative estimate of drug-likeness (QED) is 0.601. The first-order chi connectivity index (χ1) is 13.5. The number of amides is 1. The van der Waals surface area contributed by atoms with Gasteiger partial charge in [0.25, 0.3) is 11.1 Å². The standard InChI is InChI=1S/C19H15FN4O3S/c1-12(26-16-5-3-2-4-15(16)20)18-23-24-19(27-18)28-11-17(25)22-14-8-6-13(10-21)7-9-14/h2-9,12H,11H2,1H3,(H,22,25)/t12-/m0/s1. The van der Waals surface area contributed by atoms with Gasteiger partial charge in [-0.25, -0.2) is 4.39 Å². The fourth-order valence-corrected chi connectivity index (χ4v) is 2.75. The second-order valence-electron chi connectivity index (χ2n) is 5.62. The van der Waals surface area contributed by atoms with E-state index in [4.69, 9.17) is 14.4 Å². The number of halogens is 1. The highest BCUT2D eigenvalue weighted by atomic mass is 32.2. The van der Waals surface area contributed by atoms with E-state index in [-0.39, 0.29) is 28.5 Å². The van der Waals surface area contributed by atoms with Crippen LogP contribution in [0.3, 0.4) is 0 Å². The molecule has 0 spiro atoms. The van der Waals surface area contributed by atoms with E-state index in [0.717, 1.165) is 11.8 Å². The van der Waals surface area contributed by atoms with Crippen LogP contribution in [-0.2, 0) is 4.79 Å². The molecule has 1 atom stereocenters. The summed E-state index contributed by atoms with van der Waals surface area (Å²) in [5.74, 6) is -0.417. The Kier molecular flexibility index (Phi) is 6.24. The highest BCUT2D eigenvalue weighted by Crippen LogP contribution is 2.25. The van der Waals surface area contributed by atoms with E-state index in [1.807, 2.05) is 6.07 Å². The molecule has 1 aromatic heterocycles.